The van der Waals surface area contributed by atoms with Crippen molar-refractivity contribution >= 4 is 46.2 Å². The number of nitriles is 1. The second kappa shape index (κ2) is 9.85. The summed E-state index contributed by atoms with van der Waals surface area (Å²) >= 11 is 6.55. The highest BCUT2D eigenvalue weighted by Gasteiger charge is 2.33. The smallest absolute Gasteiger partial charge is 0.266 e. The molecule has 5 rings (SSSR count). The number of benzene rings is 1. The summed E-state index contributed by atoms with van der Waals surface area (Å²) < 4.78 is 11.7. The minimum Gasteiger partial charge on any atom is -0.467 e. The molecule has 2 saturated heterocycles. The van der Waals surface area contributed by atoms with Crippen molar-refractivity contribution in [1.29, 1.82) is 5.26 Å². The fraction of sp³-hybridized carbons (Fsp3) is 0.250. The molecule has 1 aromatic carbocycles. The van der Waals surface area contributed by atoms with E-state index in [0.717, 1.165) is 32.7 Å². The third kappa shape index (κ3) is 4.77. The van der Waals surface area contributed by atoms with Gasteiger partial charge in [0.15, 0.2) is 0 Å². The topological polar surface area (TPSA) is 90.9 Å². The Balaban J connectivity index is 1.27. The molecule has 2 aliphatic heterocycles. The molecule has 2 aliphatic rings. The fourth-order valence-electron chi connectivity index (χ4n) is 4.07. The number of anilines is 1. The molecule has 3 aromatic rings. The van der Waals surface area contributed by atoms with Gasteiger partial charge in [-0.3, -0.25) is 9.69 Å². The lowest BCUT2D eigenvalue weighted by molar-refractivity contribution is -0.914. The van der Waals surface area contributed by atoms with E-state index < -0.39 is 0 Å². The fourth-order valence-corrected chi connectivity index (χ4v) is 5.29. The minimum atomic E-state index is -0.234. The predicted octanol–water partition coefficient (Wildman–Crippen LogP) is 2.45. The van der Waals surface area contributed by atoms with Gasteiger partial charge in [-0.15, -0.1) is 0 Å². The van der Waals surface area contributed by atoms with Crippen LogP contribution in [0.1, 0.15) is 22.9 Å². The number of aromatic nitrogens is 1. The van der Waals surface area contributed by atoms with Crippen molar-refractivity contribution in [3.63, 3.8) is 0 Å². The quantitative estimate of drug-likeness (QED) is 0.415. The summed E-state index contributed by atoms with van der Waals surface area (Å²) in [6.45, 7) is 4.63. The summed E-state index contributed by atoms with van der Waals surface area (Å²) in [6, 6.07) is 16.1. The highest BCUT2D eigenvalue weighted by Crippen LogP contribution is 2.34. The van der Waals surface area contributed by atoms with Gasteiger partial charge >= 0.3 is 0 Å². The summed E-state index contributed by atoms with van der Waals surface area (Å²) in [4.78, 5) is 22.6. The average Bonchev–Trinajstić information content (AvgIpc) is 3.57. The molecular formula is C24H22N5O3S2+. The van der Waals surface area contributed by atoms with Crippen LogP contribution in [0.25, 0.3) is 6.08 Å². The van der Waals surface area contributed by atoms with E-state index in [2.05, 4.69) is 40.2 Å². The molecule has 0 unspecified atom stereocenters. The molecule has 0 radical (unpaired) electrons. The number of quaternary nitrogens is 1. The van der Waals surface area contributed by atoms with Crippen LogP contribution in [-0.2, 0) is 17.9 Å². The number of oxazole rings is 1. The maximum atomic E-state index is 12.9. The molecule has 0 atom stereocenters. The SMILES string of the molecule is N#Cc1nc(/C=C2\SC(=S)N(Cc3ccco3)C2=O)oc1N1CC[NH+](Cc2ccccc2)CC1. The van der Waals surface area contributed by atoms with Crippen molar-refractivity contribution in [3.05, 3.63) is 76.5 Å². The third-order valence-corrected chi connectivity index (χ3v) is 7.19. The van der Waals surface area contributed by atoms with Crippen molar-refractivity contribution < 1.29 is 18.5 Å². The van der Waals surface area contributed by atoms with Gasteiger partial charge in [0.1, 0.15) is 22.7 Å². The van der Waals surface area contributed by atoms with Gasteiger partial charge in [-0.25, -0.2) is 0 Å². The summed E-state index contributed by atoms with van der Waals surface area (Å²) in [5, 5.41) is 9.61. The number of furan rings is 1. The molecule has 1 amide bonds. The van der Waals surface area contributed by atoms with Crippen LogP contribution in [0.4, 0.5) is 5.88 Å². The molecule has 34 heavy (non-hydrogen) atoms. The first-order valence-electron chi connectivity index (χ1n) is 10.9. The zero-order valence-corrected chi connectivity index (χ0v) is 19.9. The first-order valence-corrected chi connectivity index (χ1v) is 12.1. The number of nitrogens with zero attached hydrogens (tertiary/aromatic N) is 4. The van der Waals surface area contributed by atoms with Crippen LogP contribution < -0.4 is 9.80 Å². The minimum absolute atomic E-state index is 0.226. The van der Waals surface area contributed by atoms with E-state index in [1.165, 1.54) is 27.1 Å². The first kappa shape index (κ1) is 22.4. The number of thiocarbonyl (C=S) groups is 1. The summed E-state index contributed by atoms with van der Waals surface area (Å²) in [7, 11) is 0. The molecular weight excluding hydrogens is 470 g/mol. The highest BCUT2D eigenvalue weighted by atomic mass is 32.2. The van der Waals surface area contributed by atoms with Gasteiger partial charge < -0.3 is 18.6 Å². The number of hydrogen-bond acceptors (Lipinski definition) is 8. The second-order valence-electron chi connectivity index (χ2n) is 8.06. The average molecular weight is 493 g/mol. The standard InChI is InChI=1S/C24H21N5O3S2/c25-14-19-23(28-10-8-27(9-11-28)15-17-5-2-1-3-6-17)32-21(26-19)13-20-22(30)29(24(33)34-20)16-18-7-4-12-31-18/h1-7,12-13H,8-11,15-16H2/p+1/b20-13-. The zero-order chi connectivity index (χ0) is 23.5. The molecule has 172 valence electrons. The summed E-state index contributed by atoms with van der Waals surface area (Å²) in [6.07, 6.45) is 3.12. The van der Waals surface area contributed by atoms with Gasteiger partial charge in [-0.2, -0.15) is 10.2 Å². The lowest BCUT2D eigenvalue weighted by atomic mass is 10.2. The molecule has 0 aliphatic carbocycles. The zero-order valence-electron chi connectivity index (χ0n) is 18.3. The molecule has 0 spiro atoms. The molecule has 2 aromatic heterocycles. The molecule has 2 fully saturated rings. The molecule has 0 bridgehead atoms. The van der Waals surface area contributed by atoms with Gasteiger partial charge in [-0.1, -0.05) is 54.3 Å². The maximum Gasteiger partial charge on any atom is 0.266 e. The van der Waals surface area contributed by atoms with E-state index in [4.69, 9.17) is 21.1 Å². The van der Waals surface area contributed by atoms with E-state index in [1.54, 1.807) is 24.5 Å². The number of piperazine rings is 1. The number of hydrogen-bond donors (Lipinski definition) is 1. The number of rotatable bonds is 6. The molecule has 8 nitrogen and oxygen atoms in total. The molecule has 4 heterocycles. The van der Waals surface area contributed by atoms with Gasteiger partial charge in [0.2, 0.25) is 17.5 Å². The Kier molecular flexibility index (Phi) is 6.49. The normalized spacial score (nSPS) is 18.1. The van der Waals surface area contributed by atoms with Crippen LogP contribution in [0.2, 0.25) is 0 Å². The van der Waals surface area contributed by atoms with Crippen molar-refractivity contribution in [1.82, 2.24) is 9.88 Å². The Hall–Kier alpha value is -3.39. The third-order valence-electron chi connectivity index (χ3n) is 5.81. The number of carbonyl (C=O) groups excluding carboxylic acids is 1. The van der Waals surface area contributed by atoms with Gasteiger partial charge in [-0.05, 0) is 12.1 Å². The molecule has 1 N–H and O–H groups in total. The van der Waals surface area contributed by atoms with Crippen LogP contribution in [0.3, 0.4) is 0 Å². The highest BCUT2D eigenvalue weighted by molar-refractivity contribution is 8.26. The Morgan fingerprint density at radius 3 is 2.71 bits per heavy atom. The van der Waals surface area contributed by atoms with E-state index >= 15 is 0 Å². The van der Waals surface area contributed by atoms with Gasteiger partial charge in [0.05, 0.1) is 43.9 Å². The summed E-state index contributed by atoms with van der Waals surface area (Å²) in [5.74, 6) is 1.10. The lowest BCUT2D eigenvalue weighted by Crippen LogP contribution is -3.13. The van der Waals surface area contributed by atoms with E-state index in [0.29, 0.717) is 20.9 Å². The largest absolute Gasteiger partial charge is 0.467 e. The molecule has 0 saturated carbocycles. The van der Waals surface area contributed by atoms with Crippen molar-refractivity contribution in [2.24, 2.45) is 0 Å². The van der Waals surface area contributed by atoms with Crippen LogP contribution >= 0.6 is 24.0 Å². The van der Waals surface area contributed by atoms with Crippen LogP contribution in [0, 0.1) is 11.3 Å². The first-order chi connectivity index (χ1) is 16.6. The van der Waals surface area contributed by atoms with E-state index in [-0.39, 0.29) is 24.0 Å². The van der Waals surface area contributed by atoms with Crippen LogP contribution in [0.5, 0.6) is 0 Å². The Bertz CT molecular complexity index is 1260. The van der Waals surface area contributed by atoms with E-state index in [9.17, 15) is 10.1 Å². The van der Waals surface area contributed by atoms with Crippen LogP contribution in [-0.4, -0.2) is 46.3 Å². The lowest BCUT2D eigenvalue weighted by Gasteiger charge is -2.31. The number of carbonyl (C=O) groups is 1. The Morgan fingerprint density at radius 2 is 2.00 bits per heavy atom. The number of nitrogens with one attached hydrogen (secondary N) is 1. The second-order valence-corrected chi connectivity index (χ2v) is 9.74. The van der Waals surface area contributed by atoms with Gasteiger partial charge in [0.25, 0.3) is 5.91 Å². The summed E-state index contributed by atoms with van der Waals surface area (Å²) in [5.41, 5.74) is 1.54. The Morgan fingerprint density at radius 1 is 1.21 bits per heavy atom. The number of amides is 1. The predicted molar refractivity (Wildman–Crippen MR) is 132 cm³/mol. The Labute approximate surface area is 206 Å². The van der Waals surface area contributed by atoms with E-state index in [1.807, 2.05) is 6.07 Å². The van der Waals surface area contributed by atoms with Crippen LogP contribution in [0.15, 0.2) is 62.5 Å². The number of thioether (sulfide) groups is 1. The van der Waals surface area contributed by atoms with Crippen molar-refractivity contribution in [2.45, 2.75) is 13.1 Å². The maximum absolute atomic E-state index is 12.9. The van der Waals surface area contributed by atoms with Gasteiger partial charge in [0, 0.05) is 11.6 Å². The van der Waals surface area contributed by atoms with Crippen molar-refractivity contribution in [3.8, 4) is 6.07 Å². The van der Waals surface area contributed by atoms with Crippen molar-refractivity contribution in [2.75, 3.05) is 31.1 Å². The molecule has 10 heteroatoms. The monoisotopic (exact) mass is 492 g/mol.